The van der Waals surface area contributed by atoms with Crippen LogP contribution < -0.4 is 16.4 Å². The zero-order chi connectivity index (χ0) is 24.5. The first-order valence-corrected chi connectivity index (χ1v) is 11.2. The molecule has 1 fully saturated rings. The van der Waals surface area contributed by atoms with Gasteiger partial charge in [-0.1, -0.05) is 0 Å². The van der Waals surface area contributed by atoms with Gasteiger partial charge < -0.3 is 21.5 Å². The summed E-state index contributed by atoms with van der Waals surface area (Å²) in [7, 11) is 0. The molecule has 9 nitrogen and oxygen atoms in total. The van der Waals surface area contributed by atoms with E-state index in [0.29, 0.717) is 22.6 Å². The minimum absolute atomic E-state index is 0.0995. The first-order valence-electron chi connectivity index (χ1n) is 11.2. The van der Waals surface area contributed by atoms with Crippen molar-refractivity contribution in [1.29, 1.82) is 5.26 Å². The second-order valence-electron chi connectivity index (χ2n) is 9.27. The monoisotopic (exact) mass is 465 g/mol. The highest BCUT2D eigenvalue weighted by Crippen LogP contribution is 2.28. The van der Waals surface area contributed by atoms with Gasteiger partial charge in [0.1, 0.15) is 12.2 Å². The lowest BCUT2D eigenvalue weighted by molar-refractivity contribution is -0.00177. The van der Waals surface area contributed by atoms with Crippen LogP contribution in [0.4, 0.5) is 10.1 Å². The van der Waals surface area contributed by atoms with Crippen molar-refractivity contribution in [2.75, 3.05) is 11.9 Å². The summed E-state index contributed by atoms with van der Waals surface area (Å²) in [4.78, 5) is 17.4. The number of aliphatic hydroxyl groups is 1. The Kier molecular flexibility index (Phi) is 6.50. The van der Waals surface area contributed by atoms with E-state index in [2.05, 4.69) is 26.8 Å². The van der Waals surface area contributed by atoms with Crippen LogP contribution in [0.5, 0.6) is 0 Å². The number of nitrogens with zero attached hydrogens (tertiary/aromatic N) is 4. The molecule has 1 saturated carbocycles. The number of amides is 1. The van der Waals surface area contributed by atoms with Crippen LogP contribution in [0.3, 0.4) is 0 Å². The summed E-state index contributed by atoms with van der Waals surface area (Å²) in [5.74, 6) is -0.493. The highest BCUT2D eigenvalue weighted by molar-refractivity contribution is 6.00. The molecular formula is C24H28FN7O2. The van der Waals surface area contributed by atoms with Gasteiger partial charge in [0, 0.05) is 18.3 Å². The van der Waals surface area contributed by atoms with Gasteiger partial charge in [0.05, 0.1) is 52.1 Å². The topological polar surface area (TPSA) is 141 Å². The fraction of sp³-hybridized carbons (Fsp3) is 0.417. The Hall–Kier alpha value is -3.55. The van der Waals surface area contributed by atoms with E-state index >= 15 is 0 Å². The highest BCUT2D eigenvalue weighted by atomic mass is 19.1. The summed E-state index contributed by atoms with van der Waals surface area (Å²) in [6.07, 6.45) is 3.84. The lowest BCUT2D eigenvalue weighted by Crippen LogP contribution is -2.42. The first-order chi connectivity index (χ1) is 16.2. The van der Waals surface area contributed by atoms with Crippen molar-refractivity contribution in [1.82, 2.24) is 19.9 Å². The van der Waals surface area contributed by atoms with Crippen LogP contribution >= 0.6 is 0 Å². The van der Waals surface area contributed by atoms with Gasteiger partial charge in [-0.2, -0.15) is 10.4 Å². The van der Waals surface area contributed by atoms with Gasteiger partial charge in [-0.25, -0.2) is 8.91 Å². The van der Waals surface area contributed by atoms with Crippen LogP contribution in [-0.4, -0.2) is 56.0 Å². The molecule has 1 amide bonds. The van der Waals surface area contributed by atoms with Crippen LogP contribution in [-0.2, 0) is 0 Å². The number of hydrogen-bond acceptors (Lipinski definition) is 7. The number of carbonyl (C=O) groups excluding carboxylic acids is 1. The van der Waals surface area contributed by atoms with E-state index in [9.17, 15) is 14.3 Å². The molecule has 4 rings (SSSR count). The molecular weight excluding hydrogens is 437 g/mol. The van der Waals surface area contributed by atoms with Crippen LogP contribution in [0.15, 0.2) is 36.7 Å². The number of carbonyl (C=O) groups is 1. The molecule has 1 aliphatic rings. The molecule has 178 valence electrons. The number of aromatic nitrogens is 3. The van der Waals surface area contributed by atoms with Gasteiger partial charge in [-0.15, -0.1) is 0 Å². The third-order valence-corrected chi connectivity index (χ3v) is 6.08. The number of hydrogen-bond donors (Lipinski definition) is 4. The largest absolute Gasteiger partial charge is 0.387 e. The summed E-state index contributed by atoms with van der Waals surface area (Å²) < 4.78 is 15.8. The SMILES string of the molecule is CC(C)(O)C(F)CNC(=O)c1cnc(-c2ccc3cc(C#N)cnn23)cc1N[C@@H]1CC[C@H](N)C1. The van der Waals surface area contributed by atoms with Crippen LogP contribution in [0, 0.1) is 11.3 Å². The predicted molar refractivity (Wildman–Crippen MR) is 126 cm³/mol. The van der Waals surface area contributed by atoms with Crippen LogP contribution in [0.2, 0.25) is 0 Å². The number of halogens is 1. The molecule has 0 bridgehead atoms. The van der Waals surface area contributed by atoms with Crippen LogP contribution in [0.25, 0.3) is 16.9 Å². The number of rotatable bonds is 7. The lowest BCUT2D eigenvalue weighted by Gasteiger charge is -2.23. The Labute approximate surface area is 196 Å². The number of alkyl halides is 1. The number of nitrogens with two attached hydrogens (primary N) is 1. The second-order valence-corrected chi connectivity index (χ2v) is 9.27. The Morgan fingerprint density at radius 3 is 2.85 bits per heavy atom. The van der Waals surface area contributed by atoms with E-state index in [1.807, 2.05) is 12.1 Å². The first kappa shape index (κ1) is 23.6. The van der Waals surface area contributed by atoms with Gasteiger partial charge in [-0.05, 0) is 57.4 Å². The molecule has 3 aromatic rings. The van der Waals surface area contributed by atoms with Crippen LogP contribution in [0.1, 0.15) is 49.0 Å². The Morgan fingerprint density at radius 1 is 1.38 bits per heavy atom. The third-order valence-electron chi connectivity index (χ3n) is 6.08. The summed E-state index contributed by atoms with van der Waals surface area (Å²) in [5, 5.41) is 29.2. The smallest absolute Gasteiger partial charge is 0.255 e. The molecule has 3 atom stereocenters. The molecule has 0 aliphatic heterocycles. The second kappa shape index (κ2) is 9.37. The zero-order valence-electron chi connectivity index (χ0n) is 19.1. The van der Waals surface area contributed by atoms with Crippen molar-refractivity contribution >= 4 is 17.1 Å². The van der Waals surface area contributed by atoms with E-state index < -0.39 is 17.7 Å². The Morgan fingerprint density at radius 2 is 2.18 bits per heavy atom. The molecule has 10 heteroatoms. The highest BCUT2D eigenvalue weighted by Gasteiger charge is 2.28. The number of nitrogens with one attached hydrogen (secondary N) is 2. The van der Waals surface area contributed by atoms with Gasteiger partial charge in [0.25, 0.3) is 5.91 Å². The van der Waals surface area contributed by atoms with E-state index in [1.165, 1.54) is 26.2 Å². The number of nitriles is 1. The number of fused-ring (bicyclic) bond motifs is 1. The molecule has 0 spiro atoms. The molecule has 1 unspecified atom stereocenters. The molecule has 5 N–H and O–H groups in total. The van der Waals surface area contributed by atoms with Gasteiger partial charge in [0.15, 0.2) is 0 Å². The summed E-state index contributed by atoms with van der Waals surface area (Å²) in [6, 6.07) is 9.45. The molecule has 0 saturated heterocycles. The predicted octanol–water partition coefficient (Wildman–Crippen LogP) is 2.40. The Balaban J connectivity index is 1.66. The standard InChI is InChI=1S/C24H28FN7O2/c1-24(2,34)22(25)13-29-23(33)18-12-28-20(9-19(18)31-16-4-3-15(27)8-16)21-6-5-17-7-14(10-26)11-30-32(17)21/h5-7,9,11-12,15-16,22,34H,3-4,8,13,27H2,1-2H3,(H,28,31)(H,29,33)/t15-,16+,22?/m0/s1. The molecule has 3 heterocycles. The normalized spacial score (nSPS) is 19.1. The van der Waals surface area contributed by atoms with Crippen molar-refractivity contribution in [3.63, 3.8) is 0 Å². The third kappa shape index (κ3) is 5.00. The van der Waals surface area contributed by atoms with Gasteiger partial charge >= 0.3 is 0 Å². The van der Waals surface area contributed by atoms with Crippen molar-refractivity contribution in [3.8, 4) is 17.5 Å². The van der Waals surface area contributed by atoms with E-state index in [-0.39, 0.29) is 24.2 Å². The fourth-order valence-corrected chi connectivity index (χ4v) is 4.04. The van der Waals surface area contributed by atoms with E-state index in [1.54, 1.807) is 16.6 Å². The summed E-state index contributed by atoms with van der Waals surface area (Å²) in [5.41, 5.74) is 7.80. The van der Waals surface area contributed by atoms with Gasteiger partial charge in [0.2, 0.25) is 0 Å². The molecule has 0 radical (unpaired) electrons. The summed E-state index contributed by atoms with van der Waals surface area (Å²) in [6.45, 7) is 2.38. The number of pyridine rings is 1. The molecule has 3 aromatic heterocycles. The van der Waals surface area contributed by atoms with Crippen molar-refractivity contribution in [2.45, 2.75) is 57.0 Å². The fourth-order valence-electron chi connectivity index (χ4n) is 4.04. The summed E-state index contributed by atoms with van der Waals surface area (Å²) >= 11 is 0. The average Bonchev–Trinajstić information content (AvgIpc) is 3.41. The van der Waals surface area contributed by atoms with Crippen molar-refractivity contribution < 1.29 is 14.3 Å². The lowest BCUT2D eigenvalue weighted by atomic mass is 10.0. The zero-order valence-corrected chi connectivity index (χ0v) is 19.1. The Bertz CT molecular complexity index is 1240. The average molecular weight is 466 g/mol. The minimum Gasteiger partial charge on any atom is -0.387 e. The minimum atomic E-state index is -1.62. The van der Waals surface area contributed by atoms with Crippen molar-refractivity contribution in [2.24, 2.45) is 5.73 Å². The maximum absolute atomic E-state index is 14.2. The molecule has 0 aromatic carbocycles. The molecule has 1 aliphatic carbocycles. The van der Waals surface area contributed by atoms with Crippen molar-refractivity contribution in [3.05, 3.63) is 47.8 Å². The van der Waals surface area contributed by atoms with E-state index in [0.717, 1.165) is 24.8 Å². The number of anilines is 1. The van der Waals surface area contributed by atoms with E-state index in [4.69, 9.17) is 11.0 Å². The maximum atomic E-state index is 14.2. The molecule has 34 heavy (non-hydrogen) atoms. The quantitative estimate of drug-likeness (QED) is 0.420. The van der Waals surface area contributed by atoms with Gasteiger partial charge in [-0.3, -0.25) is 9.78 Å². The maximum Gasteiger partial charge on any atom is 0.255 e.